The molecule has 0 saturated carbocycles. The Bertz CT molecular complexity index is 1240. The van der Waals surface area contributed by atoms with Gasteiger partial charge < -0.3 is 5.73 Å². The predicted molar refractivity (Wildman–Crippen MR) is 120 cm³/mol. The lowest BCUT2D eigenvalue weighted by atomic mass is 9.68. The SMILES string of the molecule is CC1(C)CC(=O)C2=C(C1)N(c1ccccc1C(F)(F)F)C(N)=C(C#N)[C@H]2c1ccc(Cl)cc1. The van der Waals surface area contributed by atoms with Crippen LogP contribution >= 0.6 is 11.6 Å². The highest BCUT2D eigenvalue weighted by Crippen LogP contribution is 2.51. The summed E-state index contributed by atoms with van der Waals surface area (Å²) in [7, 11) is 0. The van der Waals surface area contributed by atoms with Gasteiger partial charge in [0.05, 0.1) is 28.8 Å². The Hall–Kier alpha value is -3.24. The summed E-state index contributed by atoms with van der Waals surface area (Å²) in [4.78, 5) is 14.7. The largest absolute Gasteiger partial charge is 0.418 e. The molecule has 0 aromatic heterocycles. The van der Waals surface area contributed by atoms with Crippen LogP contribution in [0.4, 0.5) is 18.9 Å². The highest BCUT2D eigenvalue weighted by Gasteiger charge is 2.46. The van der Waals surface area contributed by atoms with Crippen LogP contribution in [0, 0.1) is 16.7 Å². The van der Waals surface area contributed by atoms with E-state index >= 15 is 0 Å². The van der Waals surface area contributed by atoms with E-state index in [0.717, 1.165) is 6.07 Å². The summed E-state index contributed by atoms with van der Waals surface area (Å²) in [6, 6.07) is 13.8. The normalized spacial score (nSPS) is 20.6. The van der Waals surface area contributed by atoms with E-state index in [0.29, 0.717) is 28.3 Å². The number of benzene rings is 2. The molecule has 4 nitrogen and oxygen atoms in total. The molecule has 2 N–H and O–H groups in total. The number of carbonyl (C=O) groups is 1. The van der Waals surface area contributed by atoms with Crippen LogP contribution in [0.2, 0.25) is 5.02 Å². The molecule has 1 heterocycles. The number of Topliss-reactive ketones (excluding diaryl/α,β-unsaturated/α-hetero) is 1. The van der Waals surface area contributed by atoms with E-state index in [1.165, 1.54) is 23.1 Å². The number of hydrogen-bond acceptors (Lipinski definition) is 4. The molecule has 170 valence electrons. The monoisotopic (exact) mass is 471 g/mol. The van der Waals surface area contributed by atoms with Crippen molar-refractivity contribution in [3.63, 3.8) is 0 Å². The number of nitrogens with zero attached hydrogens (tertiary/aromatic N) is 2. The number of para-hydroxylation sites is 1. The molecule has 0 saturated heterocycles. The first kappa shape index (κ1) is 22.9. The third-order valence-corrected chi connectivity index (χ3v) is 6.29. The molecular formula is C25H21ClF3N3O. The van der Waals surface area contributed by atoms with Crippen LogP contribution in [0.15, 0.2) is 71.2 Å². The van der Waals surface area contributed by atoms with Crippen LogP contribution in [0.1, 0.15) is 43.7 Å². The first-order valence-corrected chi connectivity index (χ1v) is 10.7. The zero-order valence-corrected chi connectivity index (χ0v) is 18.8. The molecule has 2 aromatic carbocycles. The number of carbonyl (C=O) groups excluding carboxylic acids is 1. The van der Waals surface area contributed by atoms with Crippen molar-refractivity contribution in [3.05, 3.63) is 87.3 Å². The minimum absolute atomic E-state index is 0.0288. The average molecular weight is 472 g/mol. The van der Waals surface area contributed by atoms with Gasteiger partial charge in [-0.3, -0.25) is 9.69 Å². The maximum absolute atomic E-state index is 13.9. The molecule has 1 atom stereocenters. The standard InChI is InChI=1S/C25H21ClF3N3O/c1-24(2)11-19-22(20(33)12-24)21(14-7-9-15(26)10-8-14)16(13-30)23(31)32(19)18-6-4-3-5-17(18)25(27,28)29/h3-10,21H,11-12,31H2,1-2H3/t21-/m1/s1. The molecule has 0 unspecified atom stereocenters. The van der Waals surface area contributed by atoms with Crippen molar-refractivity contribution >= 4 is 23.1 Å². The lowest BCUT2D eigenvalue weighted by molar-refractivity contribution is -0.137. The van der Waals surface area contributed by atoms with Gasteiger partial charge in [0.1, 0.15) is 5.82 Å². The van der Waals surface area contributed by atoms with Crippen molar-refractivity contribution in [2.24, 2.45) is 11.1 Å². The van der Waals surface area contributed by atoms with Gasteiger partial charge in [0.25, 0.3) is 0 Å². The maximum Gasteiger partial charge on any atom is 0.418 e. The fourth-order valence-corrected chi connectivity index (χ4v) is 4.81. The van der Waals surface area contributed by atoms with Gasteiger partial charge in [-0.05, 0) is 41.7 Å². The van der Waals surface area contributed by atoms with Gasteiger partial charge in [0.15, 0.2) is 5.78 Å². The number of ketones is 1. The van der Waals surface area contributed by atoms with E-state index in [-0.39, 0.29) is 29.3 Å². The minimum Gasteiger partial charge on any atom is -0.384 e. The second-order valence-corrected chi connectivity index (χ2v) is 9.48. The fraction of sp³-hybridized carbons (Fsp3) is 0.280. The summed E-state index contributed by atoms with van der Waals surface area (Å²) in [6.07, 6.45) is -4.11. The summed E-state index contributed by atoms with van der Waals surface area (Å²) in [6.45, 7) is 3.78. The van der Waals surface area contributed by atoms with Crippen LogP contribution in [-0.2, 0) is 11.0 Å². The van der Waals surface area contributed by atoms with E-state index in [2.05, 4.69) is 6.07 Å². The minimum atomic E-state index is -4.65. The molecule has 1 aliphatic carbocycles. The number of alkyl halides is 3. The first-order chi connectivity index (χ1) is 15.4. The highest BCUT2D eigenvalue weighted by atomic mass is 35.5. The highest BCUT2D eigenvalue weighted by molar-refractivity contribution is 6.30. The van der Waals surface area contributed by atoms with Crippen molar-refractivity contribution in [1.82, 2.24) is 0 Å². The Morgan fingerprint density at radius 1 is 1.12 bits per heavy atom. The lowest BCUT2D eigenvalue weighted by Gasteiger charge is -2.44. The summed E-state index contributed by atoms with van der Waals surface area (Å²) in [5, 5.41) is 10.5. The van der Waals surface area contributed by atoms with Gasteiger partial charge in [-0.2, -0.15) is 18.4 Å². The molecule has 4 rings (SSSR count). The maximum atomic E-state index is 13.9. The zero-order valence-electron chi connectivity index (χ0n) is 18.0. The Labute approximate surface area is 194 Å². The summed E-state index contributed by atoms with van der Waals surface area (Å²) in [5.41, 5.74) is 6.19. The van der Waals surface area contributed by atoms with Crippen LogP contribution in [0.5, 0.6) is 0 Å². The molecule has 0 fully saturated rings. The van der Waals surface area contributed by atoms with E-state index in [9.17, 15) is 23.2 Å². The van der Waals surface area contributed by atoms with Crippen LogP contribution in [0.25, 0.3) is 0 Å². The molecule has 0 spiro atoms. The first-order valence-electron chi connectivity index (χ1n) is 10.3. The van der Waals surface area contributed by atoms with Crippen molar-refractivity contribution in [2.45, 2.75) is 38.8 Å². The van der Waals surface area contributed by atoms with Crippen LogP contribution in [0.3, 0.4) is 0 Å². The van der Waals surface area contributed by atoms with Gasteiger partial charge in [-0.25, -0.2) is 0 Å². The fourth-order valence-electron chi connectivity index (χ4n) is 4.68. The molecule has 8 heteroatoms. The Kier molecular flexibility index (Phi) is 5.53. The lowest BCUT2D eigenvalue weighted by Crippen LogP contribution is -2.42. The number of rotatable bonds is 2. The summed E-state index contributed by atoms with van der Waals surface area (Å²) in [5.74, 6) is -1.10. The number of hydrogen-bond donors (Lipinski definition) is 1. The van der Waals surface area contributed by atoms with Gasteiger partial charge >= 0.3 is 6.18 Å². The molecule has 2 aromatic rings. The molecular weight excluding hydrogens is 451 g/mol. The van der Waals surface area contributed by atoms with Crippen molar-refractivity contribution in [1.29, 1.82) is 5.26 Å². The number of halogens is 4. The Morgan fingerprint density at radius 3 is 2.36 bits per heavy atom. The second kappa shape index (κ2) is 7.96. The Morgan fingerprint density at radius 2 is 1.76 bits per heavy atom. The molecule has 33 heavy (non-hydrogen) atoms. The number of nitriles is 1. The van der Waals surface area contributed by atoms with Crippen LogP contribution in [-0.4, -0.2) is 5.78 Å². The predicted octanol–water partition coefficient (Wildman–Crippen LogP) is 6.30. The van der Waals surface area contributed by atoms with E-state index in [1.807, 2.05) is 13.8 Å². The molecule has 0 amide bonds. The quantitative estimate of drug-likeness (QED) is 0.558. The third-order valence-electron chi connectivity index (χ3n) is 6.03. The smallest absolute Gasteiger partial charge is 0.384 e. The van der Waals surface area contributed by atoms with Crippen LogP contribution < -0.4 is 10.6 Å². The zero-order chi connectivity index (χ0) is 24.1. The summed E-state index contributed by atoms with van der Waals surface area (Å²) < 4.78 is 41.7. The van der Waals surface area contributed by atoms with Gasteiger partial charge in [-0.15, -0.1) is 0 Å². The van der Waals surface area contributed by atoms with E-state index in [4.69, 9.17) is 17.3 Å². The van der Waals surface area contributed by atoms with Gasteiger partial charge in [0, 0.05) is 22.7 Å². The van der Waals surface area contributed by atoms with Crippen molar-refractivity contribution < 1.29 is 18.0 Å². The van der Waals surface area contributed by atoms with Gasteiger partial charge in [-0.1, -0.05) is 49.7 Å². The van der Waals surface area contributed by atoms with Crippen molar-refractivity contribution in [2.75, 3.05) is 4.90 Å². The molecule has 0 radical (unpaired) electrons. The molecule has 1 aliphatic heterocycles. The van der Waals surface area contributed by atoms with E-state index < -0.39 is 23.1 Å². The van der Waals surface area contributed by atoms with Crippen molar-refractivity contribution in [3.8, 4) is 6.07 Å². The number of nitrogens with two attached hydrogens (primary N) is 1. The topological polar surface area (TPSA) is 70.1 Å². The Balaban J connectivity index is 2.04. The molecule has 2 aliphatic rings. The third kappa shape index (κ3) is 4.00. The summed E-state index contributed by atoms with van der Waals surface area (Å²) >= 11 is 6.02. The van der Waals surface area contributed by atoms with E-state index in [1.54, 1.807) is 24.3 Å². The number of allylic oxidation sites excluding steroid dienone is 3. The van der Waals surface area contributed by atoms with Gasteiger partial charge in [0.2, 0.25) is 0 Å². The molecule has 0 bridgehead atoms. The average Bonchev–Trinajstić information content (AvgIpc) is 2.72. The second-order valence-electron chi connectivity index (χ2n) is 9.05. The number of anilines is 1.